The molecule has 3 amide bonds. The number of amides is 3. The van der Waals surface area contributed by atoms with Gasteiger partial charge in [0.25, 0.3) is 17.7 Å². The highest BCUT2D eigenvalue weighted by molar-refractivity contribution is 6.31. The van der Waals surface area contributed by atoms with Crippen LogP contribution in [0.3, 0.4) is 0 Å². The molecule has 0 spiro atoms. The van der Waals surface area contributed by atoms with E-state index in [1.807, 2.05) is 0 Å². The predicted octanol–water partition coefficient (Wildman–Crippen LogP) is 1.77. The molecule has 24 heavy (non-hydrogen) atoms. The van der Waals surface area contributed by atoms with Crippen molar-refractivity contribution in [3.8, 4) is 11.5 Å². The van der Waals surface area contributed by atoms with Crippen molar-refractivity contribution in [3.63, 3.8) is 0 Å². The van der Waals surface area contributed by atoms with E-state index in [1.54, 1.807) is 0 Å². The Morgan fingerprint density at radius 2 is 2.00 bits per heavy atom. The number of phenolic OH excluding ortho intramolecular Hbond substituents is 1. The molecule has 1 aliphatic rings. The Bertz CT molecular complexity index is 866. The van der Waals surface area contributed by atoms with Crippen LogP contribution in [0.5, 0.6) is 11.5 Å². The lowest BCUT2D eigenvalue weighted by molar-refractivity contribution is -0.122. The number of nitrogens with zero attached hydrogens (tertiary/aromatic N) is 1. The summed E-state index contributed by atoms with van der Waals surface area (Å²) in [5, 5.41) is 15.8. The molecule has 0 unspecified atom stereocenters. The first-order chi connectivity index (χ1) is 11.5. The van der Waals surface area contributed by atoms with E-state index in [9.17, 15) is 19.5 Å². The molecule has 0 atom stereocenters. The summed E-state index contributed by atoms with van der Waals surface area (Å²) in [6.45, 7) is -0.468. The Labute approximate surface area is 141 Å². The van der Waals surface area contributed by atoms with Crippen molar-refractivity contribution in [1.82, 2.24) is 10.6 Å². The van der Waals surface area contributed by atoms with Crippen LogP contribution in [0.1, 0.15) is 20.7 Å². The summed E-state index contributed by atoms with van der Waals surface area (Å²) in [7, 11) is 0. The number of benzene rings is 2. The number of carbonyl (C=O) groups excluding carboxylic acids is 3. The number of rotatable bonds is 4. The average molecular weight is 346 g/mol. The van der Waals surface area contributed by atoms with E-state index in [0.717, 1.165) is 0 Å². The first kappa shape index (κ1) is 15.8. The van der Waals surface area contributed by atoms with E-state index < -0.39 is 24.3 Å². The summed E-state index contributed by atoms with van der Waals surface area (Å²) in [5.74, 6) is -1.87. The van der Waals surface area contributed by atoms with Gasteiger partial charge in [-0.2, -0.15) is 0 Å². The van der Waals surface area contributed by atoms with Crippen LogP contribution in [0, 0.1) is 0 Å². The van der Waals surface area contributed by atoms with Gasteiger partial charge in [0.15, 0.2) is 6.61 Å². The molecule has 2 aromatic carbocycles. The van der Waals surface area contributed by atoms with Gasteiger partial charge in [0.2, 0.25) is 0 Å². The fourth-order valence-electron chi connectivity index (χ4n) is 2.20. The minimum absolute atomic E-state index is 0.0160. The lowest BCUT2D eigenvalue weighted by Crippen LogP contribution is -2.21. The van der Waals surface area contributed by atoms with Crippen molar-refractivity contribution in [2.75, 3.05) is 6.61 Å². The minimum atomic E-state index is -0.685. The average Bonchev–Trinajstić information content (AvgIpc) is 2.84. The maximum Gasteiger partial charge on any atom is 0.284 e. The molecule has 0 bridgehead atoms. The molecule has 0 aromatic heterocycles. The van der Waals surface area contributed by atoms with Gasteiger partial charge in [0.1, 0.15) is 17.2 Å². The van der Waals surface area contributed by atoms with Gasteiger partial charge in [0, 0.05) is 5.02 Å². The summed E-state index contributed by atoms with van der Waals surface area (Å²) in [6.07, 6.45) is 0. The molecule has 0 aliphatic carbocycles. The van der Waals surface area contributed by atoms with Crippen LogP contribution in [0.25, 0.3) is 0 Å². The van der Waals surface area contributed by atoms with Crippen LogP contribution in [0.15, 0.2) is 36.4 Å². The molecule has 2 aromatic rings. The van der Waals surface area contributed by atoms with E-state index >= 15 is 0 Å². The molecule has 121 valence electrons. The van der Waals surface area contributed by atoms with Gasteiger partial charge in [-0.15, -0.1) is 0 Å². The van der Waals surface area contributed by atoms with E-state index in [-0.39, 0.29) is 28.3 Å². The second-order valence-electron chi connectivity index (χ2n) is 4.89. The van der Waals surface area contributed by atoms with Gasteiger partial charge in [-0.05, 0) is 30.3 Å². The molecular formula is C16H10ClN2O5. The molecule has 8 heteroatoms. The fourth-order valence-corrected chi connectivity index (χ4v) is 2.37. The van der Waals surface area contributed by atoms with Crippen LogP contribution in [0.4, 0.5) is 5.69 Å². The standard InChI is InChI=1S/C16H10ClN2O5/c17-8-4-5-11(20)10(6-8)18-13(21)7-24-12-3-1-2-9-14(12)16(23)19-15(9)22/h1-6,20H,7H2,(H,19,22,23). The van der Waals surface area contributed by atoms with Crippen molar-refractivity contribution in [2.24, 2.45) is 0 Å². The topological polar surface area (TPSA) is 107 Å². The summed E-state index contributed by atoms with van der Waals surface area (Å²) < 4.78 is 5.30. The molecule has 0 fully saturated rings. The van der Waals surface area contributed by atoms with Gasteiger partial charge < -0.3 is 9.84 Å². The lowest BCUT2D eigenvalue weighted by Gasteiger charge is -2.09. The van der Waals surface area contributed by atoms with E-state index in [0.29, 0.717) is 5.02 Å². The van der Waals surface area contributed by atoms with Crippen molar-refractivity contribution in [1.29, 1.82) is 0 Å². The van der Waals surface area contributed by atoms with E-state index in [2.05, 4.69) is 10.6 Å². The normalized spacial score (nSPS) is 12.5. The fraction of sp³-hybridized carbons (Fsp3) is 0.0625. The number of carbonyl (C=O) groups is 3. The number of aromatic hydroxyl groups is 1. The third kappa shape index (κ3) is 3.02. The smallest absolute Gasteiger partial charge is 0.284 e. The van der Waals surface area contributed by atoms with Crippen molar-refractivity contribution in [3.05, 3.63) is 52.5 Å². The Morgan fingerprint density at radius 1 is 1.21 bits per heavy atom. The molecule has 0 saturated carbocycles. The Kier molecular flexibility index (Phi) is 4.09. The zero-order chi connectivity index (χ0) is 17.3. The first-order valence-electron chi connectivity index (χ1n) is 6.80. The third-order valence-corrected chi connectivity index (χ3v) is 3.49. The van der Waals surface area contributed by atoms with Gasteiger partial charge in [-0.1, -0.05) is 17.7 Å². The summed E-state index contributed by atoms with van der Waals surface area (Å²) in [5.41, 5.74) is 0.289. The maximum absolute atomic E-state index is 11.9. The highest BCUT2D eigenvalue weighted by Gasteiger charge is 2.30. The third-order valence-electron chi connectivity index (χ3n) is 3.26. The lowest BCUT2D eigenvalue weighted by atomic mass is 10.1. The number of ether oxygens (including phenoxy) is 1. The first-order valence-corrected chi connectivity index (χ1v) is 7.18. The van der Waals surface area contributed by atoms with E-state index in [4.69, 9.17) is 16.3 Å². The van der Waals surface area contributed by atoms with Crippen molar-refractivity contribution >= 4 is 35.0 Å². The molecule has 1 heterocycles. The molecule has 2 N–H and O–H groups in total. The highest BCUT2D eigenvalue weighted by Crippen LogP contribution is 2.28. The second kappa shape index (κ2) is 6.21. The number of fused-ring (bicyclic) bond motifs is 1. The SMILES string of the molecule is O=C(COc1cccc2c1C(=O)NC2=O)[N]c1cc(Cl)ccc1O. The van der Waals surface area contributed by atoms with Crippen LogP contribution >= 0.6 is 11.6 Å². The Morgan fingerprint density at radius 3 is 2.79 bits per heavy atom. The summed E-state index contributed by atoms with van der Waals surface area (Å²) in [4.78, 5) is 35.2. The van der Waals surface area contributed by atoms with Crippen molar-refractivity contribution in [2.45, 2.75) is 0 Å². The molecule has 1 aliphatic heterocycles. The van der Waals surface area contributed by atoms with Gasteiger partial charge in [-0.25, -0.2) is 5.32 Å². The second-order valence-corrected chi connectivity index (χ2v) is 5.33. The number of phenols is 1. The van der Waals surface area contributed by atoms with Crippen LogP contribution < -0.4 is 15.4 Å². The molecular weight excluding hydrogens is 336 g/mol. The Balaban J connectivity index is 1.71. The van der Waals surface area contributed by atoms with Crippen LogP contribution in [-0.2, 0) is 4.79 Å². The monoisotopic (exact) mass is 345 g/mol. The highest BCUT2D eigenvalue weighted by atomic mass is 35.5. The van der Waals surface area contributed by atoms with Crippen LogP contribution in [0.2, 0.25) is 5.02 Å². The number of hydrogen-bond donors (Lipinski definition) is 2. The largest absolute Gasteiger partial charge is 0.506 e. The number of halogens is 1. The Hall–Kier alpha value is -3.06. The minimum Gasteiger partial charge on any atom is -0.506 e. The number of nitrogens with one attached hydrogen (secondary N) is 1. The molecule has 7 nitrogen and oxygen atoms in total. The van der Waals surface area contributed by atoms with Crippen LogP contribution in [-0.4, -0.2) is 29.4 Å². The predicted molar refractivity (Wildman–Crippen MR) is 83.7 cm³/mol. The van der Waals surface area contributed by atoms with E-state index in [1.165, 1.54) is 36.4 Å². The van der Waals surface area contributed by atoms with Crippen molar-refractivity contribution < 1.29 is 24.2 Å². The summed E-state index contributed by atoms with van der Waals surface area (Å²) in [6, 6.07) is 8.60. The number of imide groups is 1. The van der Waals surface area contributed by atoms with Gasteiger partial charge in [0.05, 0.1) is 11.1 Å². The van der Waals surface area contributed by atoms with Gasteiger partial charge >= 0.3 is 0 Å². The number of hydrogen-bond acceptors (Lipinski definition) is 5. The molecule has 1 radical (unpaired) electrons. The maximum atomic E-state index is 11.9. The zero-order valence-electron chi connectivity index (χ0n) is 12.1. The van der Waals surface area contributed by atoms with Gasteiger partial charge in [-0.3, -0.25) is 19.7 Å². The molecule has 3 rings (SSSR count). The molecule has 0 saturated heterocycles. The summed E-state index contributed by atoms with van der Waals surface area (Å²) >= 11 is 5.78. The zero-order valence-corrected chi connectivity index (χ0v) is 12.8. The quantitative estimate of drug-likeness (QED) is 0.821.